The van der Waals surface area contributed by atoms with Crippen molar-refractivity contribution < 1.29 is 32.2 Å². The van der Waals surface area contributed by atoms with E-state index in [0.29, 0.717) is 17.2 Å². The highest BCUT2D eigenvalue weighted by Crippen LogP contribution is 2.35. The molecule has 0 radical (unpaired) electrons. The lowest BCUT2D eigenvalue weighted by molar-refractivity contribution is -0.122. The van der Waals surface area contributed by atoms with Gasteiger partial charge in [0.2, 0.25) is 6.79 Å². The summed E-state index contributed by atoms with van der Waals surface area (Å²) in [6.45, 7) is 1.53. The third-order valence-corrected chi connectivity index (χ3v) is 3.32. The summed E-state index contributed by atoms with van der Waals surface area (Å²) in [7, 11) is 0. The first-order chi connectivity index (χ1) is 11.5. The van der Waals surface area contributed by atoms with Gasteiger partial charge in [0.1, 0.15) is 5.75 Å². The van der Waals surface area contributed by atoms with Crippen LogP contribution in [-0.4, -0.2) is 18.8 Å². The van der Waals surface area contributed by atoms with E-state index in [0.717, 1.165) is 12.1 Å². The maximum absolute atomic E-state index is 13.6. The van der Waals surface area contributed by atoms with Crippen LogP contribution in [0, 0.1) is 17.5 Å². The zero-order chi connectivity index (χ0) is 17.3. The van der Waals surface area contributed by atoms with Crippen molar-refractivity contribution in [1.82, 2.24) is 0 Å². The summed E-state index contributed by atoms with van der Waals surface area (Å²) in [6.07, 6.45) is -1.02. The quantitative estimate of drug-likeness (QED) is 0.869. The first kappa shape index (κ1) is 16.0. The normalized spacial score (nSPS) is 13.5. The van der Waals surface area contributed by atoms with Crippen LogP contribution in [0.5, 0.6) is 17.2 Å². The highest BCUT2D eigenvalue weighted by atomic mass is 19.2. The highest BCUT2D eigenvalue weighted by Gasteiger charge is 2.21. The van der Waals surface area contributed by atoms with Crippen LogP contribution in [0.1, 0.15) is 6.92 Å². The van der Waals surface area contributed by atoms with E-state index >= 15 is 0 Å². The van der Waals surface area contributed by atoms with Gasteiger partial charge in [0.05, 0.1) is 5.69 Å². The van der Waals surface area contributed by atoms with Crippen LogP contribution in [0.15, 0.2) is 30.3 Å². The molecule has 1 atom stereocenters. The number of ether oxygens (including phenoxy) is 3. The molecule has 0 spiro atoms. The SMILES string of the molecule is C[C@H](Oc1ccc2c(c1)OCO2)C(=O)Nc1ccc(F)c(F)c1F. The van der Waals surface area contributed by atoms with Crippen LogP contribution in [0.2, 0.25) is 0 Å². The Bertz CT molecular complexity index is 797. The molecule has 0 unspecified atom stereocenters. The average molecular weight is 339 g/mol. The first-order valence-corrected chi connectivity index (χ1v) is 6.96. The van der Waals surface area contributed by atoms with Crippen LogP contribution < -0.4 is 19.5 Å². The summed E-state index contributed by atoms with van der Waals surface area (Å²) in [4.78, 5) is 12.0. The molecule has 1 aliphatic rings. The smallest absolute Gasteiger partial charge is 0.265 e. The molecule has 0 aromatic heterocycles. The number of carbonyl (C=O) groups excluding carboxylic acids is 1. The molecule has 126 valence electrons. The number of hydrogen-bond acceptors (Lipinski definition) is 4. The van der Waals surface area contributed by atoms with Gasteiger partial charge in [0, 0.05) is 6.07 Å². The van der Waals surface area contributed by atoms with Gasteiger partial charge in [-0.3, -0.25) is 4.79 Å². The Kier molecular flexibility index (Phi) is 4.20. The summed E-state index contributed by atoms with van der Waals surface area (Å²) in [5.74, 6) is -3.81. The van der Waals surface area contributed by atoms with E-state index < -0.39 is 35.2 Å². The fourth-order valence-electron chi connectivity index (χ4n) is 2.06. The van der Waals surface area contributed by atoms with E-state index in [9.17, 15) is 18.0 Å². The fraction of sp³-hybridized carbons (Fsp3) is 0.188. The molecule has 1 amide bonds. The van der Waals surface area contributed by atoms with Gasteiger partial charge >= 0.3 is 0 Å². The third-order valence-electron chi connectivity index (χ3n) is 3.32. The minimum atomic E-state index is -1.66. The standard InChI is InChI=1S/C16H12F3NO4/c1-8(24-9-2-5-12-13(6-9)23-7-22-12)16(21)20-11-4-3-10(17)14(18)15(11)19/h2-6,8H,7H2,1H3,(H,20,21)/t8-/m0/s1. The summed E-state index contributed by atoms with van der Waals surface area (Å²) >= 11 is 0. The van der Waals surface area contributed by atoms with Gasteiger partial charge in [-0.05, 0) is 31.2 Å². The number of nitrogens with one attached hydrogen (secondary N) is 1. The van der Waals surface area contributed by atoms with Crippen molar-refractivity contribution in [2.24, 2.45) is 0 Å². The van der Waals surface area contributed by atoms with Crippen molar-refractivity contribution >= 4 is 11.6 Å². The Morgan fingerprint density at radius 2 is 1.88 bits per heavy atom. The number of hydrogen-bond donors (Lipinski definition) is 1. The van der Waals surface area contributed by atoms with Crippen LogP contribution in [0.4, 0.5) is 18.9 Å². The van der Waals surface area contributed by atoms with E-state index in [-0.39, 0.29) is 6.79 Å². The molecule has 1 aliphatic heterocycles. The third kappa shape index (κ3) is 3.08. The van der Waals surface area contributed by atoms with Gasteiger partial charge in [-0.1, -0.05) is 0 Å². The molecule has 0 bridgehead atoms. The van der Waals surface area contributed by atoms with Crippen LogP contribution in [0.3, 0.4) is 0 Å². The number of fused-ring (bicyclic) bond motifs is 1. The van der Waals surface area contributed by atoms with E-state index in [2.05, 4.69) is 5.32 Å². The van der Waals surface area contributed by atoms with Gasteiger partial charge in [0.25, 0.3) is 5.91 Å². The van der Waals surface area contributed by atoms with Gasteiger partial charge in [-0.15, -0.1) is 0 Å². The van der Waals surface area contributed by atoms with Gasteiger partial charge in [-0.25, -0.2) is 13.2 Å². The zero-order valence-corrected chi connectivity index (χ0v) is 12.4. The minimum Gasteiger partial charge on any atom is -0.481 e. The van der Waals surface area contributed by atoms with E-state index in [4.69, 9.17) is 14.2 Å². The molecule has 3 rings (SSSR count). The van der Waals surface area contributed by atoms with Gasteiger partial charge in [-0.2, -0.15) is 0 Å². The molecular weight excluding hydrogens is 327 g/mol. The molecule has 24 heavy (non-hydrogen) atoms. The highest BCUT2D eigenvalue weighted by molar-refractivity contribution is 5.94. The second-order valence-corrected chi connectivity index (χ2v) is 4.99. The van der Waals surface area contributed by atoms with E-state index in [1.54, 1.807) is 18.2 Å². The zero-order valence-electron chi connectivity index (χ0n) is 12.4. The monoisotopic (exact) mass is 339 g/mol. The lowest BCUT2D eigenvalue weighted by Crippen LogP contribution is -2.30. The number of anilines is 1. The molecule has 8 heteroatoms. The fourth-order valence-corrected chi connectivity index (χ4v) is 2.06. The Hall–Kier alpha value is -2.90. The molecule has 0 aliphatic carbocycles. The lowest BCUT2D eigenvalue weighted by Gasteiger charge is -2.15. The Labute approximate surface area is 134 Å². The maximum Gasteiger partial charge on any atom is 0.265 e. The van der Waals surface area contributed by atoms with Crippen molar-refractivity contribution in [3.63, 3.8) is 0 Å². The van der Waals surface area contributed by atoms with Gasteiger partial charge < -0.3 is 19.5 Å². The van der Waals surface area contributed by atoms with Gasteiger partial charge in [0.15, 0.2) is 35.1 Å². The molecule has 1 heterocycles. The van der Waals surface area contributed by atoms with Crippen LogP contribution in [-0.2, 0) is 4.79 Å². The molecule has 0 saturated heterocycles. The Balaban J connectivity index is 1.68. The van der Waals surface area contributed by atoms with E-state index in [1.807, 2.05) is 0 Å². The van der Waals surface area contributed by atoms with Crippen molar-refractivity contribution in [2.75, 3.05) is 12.1 Å². The number of halogens is 3. The van der Waals surface area contributed by atoms with Crippen molar-refractivity contribution in [1.29, 1.82) is 0 Å². The summed E-state index contributed by atoms with van der Waals surface area (Å²) in [5, 5.41) is 2.15. The first-order valence-electron chi connectivity index (χ1n) is 6.96. The molecular formula is C16H12F3NO4. The molecule has 1 N–H and O–H groups in total. The average Bonchev–Trinajstić information content (AvgIpc) is 3.03. The molecule has 2 aromatic carbocycles. The number of amides is 1. The number of carbonyl (C=O) groups is 1. The summed E-state index contributed by atoms with van der Waals surface area (Å²) in [5.41, 5.74) is -0.472. The maximum atomic E-state index is 13.6. The largest absolute Gasteiger partial charge is 0.481 e. The van der Waals surface area contributed by atoms with Crippen molar-refractivity contribution in [3.8, 4) is 17.2 Å². The Morgan fingerprint density at radius 3 is 2.67 bits per heavy atom. The Morgan fingerprint density at radius 1 is 1.12 bits per heavy atom. The predicted octanol–water partition coefficient (Wildman–Crippen LogP) is 3.24. The molecule has 0 fully saturated rings. The minimum absolute atomic E-state index is 0.101. The lowest BCUT2D eigenvalue weighted by atomic mass is 10.2. The predicted molar refractivity (Wildman–Crippen MR) is 77.6 cm³/mol. The second-order valence-electron chi connectivity index (χ2n) is 4.99. The number of benzene rings is 2. The topological polar surface area (TPSA) is 56.8 Å². The number of rotatable bonds is 4. The van der Waals surface area contributed by atoms with Crippen LogP contribution >= 0.6 is 0 Å². The summed E-state index contributed by atoms with van der Waals surface area (Å²) < 4.78 is 55.4. The molecule has 0 saturated carbocycles. The second kappa shape index (κ2) is 6.31. The summed E-state index contributed by atoms with van der Waals surface area (Å²) in [6, 6.07) is 6.40. The van der Waals surface area contributed by atoms with E-state index in [1.165, 1.54) is 6.92 Å². The van der Waals surface area contributed by atoms with Crippen molar-refractivity contribution in [2.45, 2.75) is 13.0 Å². The van der Waals surface area contributed by atoms with Crippen LogP contribution in [0.25, 0.3) is 0 Å². The molecule has 5 nitrogen and oxygen atoms in total. The van der Waals surface area contributed by atoms with Crippen molar-refractivity contribution in [3.05, 3.63) is 47.8 Å². The molecule has 2 aromatic rings.